The molecule has 0 spiro atoms. The number of fused-ring (bicyclic) bond motifs is 1. The van der Waals surface area contributed by atoms with Crippen LogP contribution in [0.15, 0.2) is 47.4 Å². The maximum absolute atomic E-state index is 13.0. The maximum atomic E-state index is 13.0. The number of hydrogen-bond donors (Lipinski definition) is 1. The molecule has 2 atom stereocenters. The summed E-state index contributed by atoms with van der Waals surface area (Å²) in [5, 5.41) is 2.82. The Balaban J connectivity index is 1.23. The van der Waals surface area contributed by atoms with E-state index in [1.807, 2.05) is 0 Å². The molecule has 0 saturated carbocycles. The van der Waals surface area contributed by atoms with Gasteiger partial charge in [0, 0.05) is 43.5 Å². The van der Waals surface area contributed by atoms with Crippen LogP contribution in [-0.4, -0.2) is 57.4 Å². The van der Waals surface area contributed by atoms with Gasteiger partial charge in [0.2, 0.25) is 21.8 Å². The first-order valence-corrected chi connectivity index (χ1v) is 13.4. The van der Waals surface area contributed by atoms with E-state index in [4.69, 9.17) is 9.47 Å². The van der Waals surface area contributed by atoms with Gasteiger partial charge in [0.15, 0.2) is 11.5 Å². The van der Waals surface area contributed by atoms with Crippen LogP contribution in [0.3, 0.4) is 0 Å². The summed E-state index contributed by atoms with van der Waals surface area (Å²) >= 11 is 0. The second kappa shape index (κ2) is 9.50. The Morgan fingerprint density at radius 3 is 2.51 bits per heavy atom. The van der Waals surface area contributed by atoms with Gasteiger partial charge in [-0.2, -0.15) is 4.31 Å². The molecule has 10 heteroatoms. The summed E-state index contributed by atoms with van der Waals surface area (Å²) in [4.78, 5) is 27.3. The van der Waals surface area contributed by atoms with Gasteiger partial charge in [-0.1, -0.05) is 6.92 Å². The van der Waals surface area contributed by atoms with Crippen LogP contribution in [0, 0.1) is 11.8 Å². The van der Waals surface area contributed by atoms with Gasteiger partial charge in [-0.05, 0) is 55.2 Å². The second-order valence-corrected chi connectivity index (χ2v) is 11.3. The lowest BCUT2D eigenvalue weighted by Gasteiger charge is -2.30. The molecular weight excluding hydrogens is 470 g/mol. The van der Waals surface area contributed by atoms with Gasteiger partial charge in [-0.3, -0.25) is 9.59 Å². The van der Waals surface area contributed by atoms with E-state index in [9.17, 15) is 18.0 Å². The number of amides is 2. The molecule has 2 aromatic rings. The molecule has 0 aliphatic carbocycles. The fourth-order valence-corrected chi connectivity index (χ4v) is 6.40. The highest BCUT2D eigenvalue weighted by Crippen LogP contribution is 2.36. The Hall–Kier alpha value is -3.11. The van der Waals surface area contributed by atoms with E-state index in [0.29, 0.717) is 55.1 Å². The highest BCUT2D eigenvalue weighted by Gasteiger charge is 2.36. The lowest BCUT2D eigenvalue weighted by molar-refractivity contribution is -0.122. The predicted octanol–water partition coefficient (Wildman–Crippen LogP) is 2.87. The van der Waals surface area contributed by atoms with Crippen molar-refractivity contribution in [2.75, 3.05) is 43.1 Å². The van der Waals surface area contributed by atoms with Gasteiger partial charge in [0.1, 0.15) is 13.2 Å². The topological polar surface area (TPSA) is 105 Å². The maximum Gasteiger partial charge on any atom is 0.243 e. The van der Waals surface area contributed by atoms with Crippen LogP contribution in [0.1, 0.15) is 26.2 Å². The van der Waals surface area contributed by atoms with Crippen LogP contribution < -0.4 is 19.7 Å². The molecule has 0 radical (unpaired) electrons. The summed E-state index contributed by atoms with van der Waals surface area (Å²) in [7, 11) is -3.56. The first kappa shape index (κ1) is 23.6. The third-order valence-corrected chi connectivity index (χ3v) is 8.59. The highest BCUT2D eigenvalue weighted by molar-refractivity contribution is 7.89. The van der Waals surface area contributed by atoms with Gasteiger partial charge >= 0.3 is 0 Å². The number of nitrogens with one attached hydrogen (secondary N) is 1. The van der Waals surface area contributed by atoms with Gasteiger partial charge < -0.3 is 19.7 Å². The van der Waals surface area contributed by atoms with E-state index >= 15 is 0 Å². The van der Waals surface area contributed by atoms with Crippen LogP contribution in [0.25, 0.3) is 0 Å². The van der Waals surface area contributed by atoms with E-state index in [1.54, 1.807) is 35.2 Å². The van der Waals surface area contributed by atoms with Crippen molar-refractivity contribution in [2.24, 2.45) is 11.8 Å². The van der Waals surface area contributed by atoms with Gasteiger partial charge in [0.25, 0.3) is 0 Å². The first-order valence-electron chi connectivity index (χ1n) is 11.9. The molecule has 0 bridgehead atoms. The Bertz CT molecular complexity index is 1230. The lowest BCUT2D eigenvalue weighted by atomic mass is 10.0. The van der Waals surface area contributed by atoms with Crippen LogP contribution in [0.2, 0.25) is 0 Å². The molecule has 2 aromatic carbocycles. The van der Waals surface area contributed by atoms with Crippen molar-refractivity contribution >= 4 is 33.2 Å². The average Bonchev–Trinajstić information content (AvgIpc) is 3.26. The molecule has 35 heavy (non-hydrogen) atoms. The van der Waals surface area contributed by atoms with E-state index in [1.165, 1.54) is 16.4 Å². The monoisotopic (exact) mass is 499 g/mol. The zero-order chi connectivity index (χ0) is 24.6. The second-order valence-electron chi connectivity index (χ2n) is 9.36. The third kappa shape index (κ3) is 4.85. The summed E-state index contributed by atoms with van der Waals surface area (Å²) in [5.41, 5.74) is 1.15. The summed E-state index contributed by atoms with van der Waals surface area (Å²) in [5.74, 6) is 0.629. The number of rotatable bonds is 5. The average molecular weight is 500 g/mol. The van der Waals surface area contributed by atoms with Crippen LogP contribution in [-0.2, 0) is 19.6 Å². The molecule has 3 aliphatic rings. The highest BCUT2D eigenvalue weighted by atomic mass is 32.2. The van der Waals surface area contributed by atoms with Crippen LogP contribution in [0.4, 0.5) is 11.4 Å². The lowest BCUT2D eigenvalue weighted by Crippen LogP contribution is -2.39. The fraction of sp³-hybridized carbons (Fsp3) is 0.440. The van der Waals surface area contributed by atoms with Crippen molar-refractivity contribution in [3.63, 3.8) is 0 Å². The Labute approximate surface area is 205 Å². The van der Waals surface area contributed by atoms with Crippen molar-refractivity contribution in [1.29, 1.82) is 0 Å². The predicted molar refractivity (Wildman–Crippen MR) is 130 cm³/mol. The van der Waals surface area contributed by atoms with E-state index in [-0.39, 0.29) is 29.7 Å². The molecule has 186 valence electrons. The molecule has 2 fully saturated rings. The van der Waals surface area contributed by atoms with Gasteiger partial charge in [-0.15, -0.1) is 0 Å². The number of benzene rings is 2. The van der Waals surface area contributed by atoms with Crippen molar-refractivity contribution in [2.45, 2.75) is 31.1 Å². The zero-order valence-corrected chi connectivity index (χ0v) is 20.4. The summed E-state index contributed by atoms with van der Waals surface area (Å²) in [6.07, 6.45) is 1.99. The normalized spacial score (nSPS) is 22.8. The molecule has 2 saturated heterocycles. The standard InChI is InChI=1S/C25H29N3O6S/c1-17-3-2-10-27(15-17)35(31,32)21-7-4-19(5-8-21)26-25(30)18-13-24(29)28(16-18)20-6-9-22-23(14-20)34-12-11-33-22/h4-9,14,17-18H,2-3,10-13,15-16H2,1H3,(H,26,30). The molecule has 2 unspecified atom stereocenters. The molecule has 1 N–H and O–H groups in total. The summed E-state index contributed by atoms with van der Waals surface area (Å²) in [6.45, 7) is 4.30. The van der Waals surface area contributed by atoms with E-state index in [2.05, 4.69) is 12.2 Å². The number of carbonyl (C=O) groups excluding carboxylic acids is 2. The first-order chi connectivity index (χ1) is 16.8. The SMILES string of the molecule is CC1CCCN(S(=O)(=O)c2ccc(NC(=O)C3CC(=O)N(c4ccc5c(c4)OCCO5)C3)cc2)C1. The van der Waals surface area contributed by atoms with Gasteiger partial charge in [0.05, 0.1) is 10.8 Å². The summed E-state index contributed by atoms with van der Waals surface area (Å²) < 4.78 is 38.6. The molecule has 3 aliphatic heterocycles. The third-order valence-electron chi connectivity index (χ3n) is 6.71. The van der Waals surface area contributed by atoms with Crippen LogP contribution >= 0.6 is 0 Å². The fourth-order valence-electron chi connectivity index (χ4n) is 4.80. The molecule has 0 aromatic heterocycles. The number of anilines is 2. The Morgan fingerprint density at radius 2 is 1.77 bits per heavy atom. The quantitative estimate of drug-likeness (QED) is 0.678. The summed E-state index contributed by atoms with van der Waals surface area (Å²) in [6, 6.07) is 11.5. The largest absolute Gasteiger partial charge is 0.486 e. The van der Waals surface area contributed by atoms with Crippen molar-refractivity contribution in [3.05, 3.63) is 42.5 Å². The smallest absolute Gasteiger partial charge is 0.243 e. The minimum atomic E-state index is -3.56. The number of ether oxygens (including phenoxy) is 2. The Kier molecular flexibility index (Phi) is 6.41. The van der Waals surface area contributed by atoms with E-state index in [0.717, 1.165) is 12.8 Å². The number of nitrogens with zero attached hydrogens (tertiary/aromatic N) is 2. The number of piperidine rings is 1. The molecular formula is C25H29N3O6S. The number of hydrogen-bond acceptors (Lipinski definition) is 6. The zero-order valence-electron chi connectivity index (χ0n) is 19.6. The molecule has 9 nitrogen and oxygen atoms in total. The van der Waals surface area contributed by atoms with Crippen molar-refractivity contribution < 1.29 is 27.5 Å². The minimum Gasteiger partial charge on any atom is -0.486 e. The van der Waals surface area contributed by atoms with Crippen molar-refractivity contribution in [1.82, 2.24) is 4.31 Å². The molecule has 5 rings (SSSR count). The Morgan fingerprint density at radius 1 is 1.03 bits per heavy atom. The molecule has 3 heterocycles. The van der Waals surface area contributed by atoms with E-state index < -0.39 is 15.9 Å². The number of carbonyl (C=O) groups is 2. The van der Waals surface area contributed by atoms with Crippen molar-refractivity contribution in [3.8, 4) is 11.5 Å². The minimum absolute atomic E-state index is 0.0971. The molecule has 2 amide bonds. The van der Waals surface area contributed by atoms with Crippen LogP contribution in [0.5, 0.6) is 11.5 Å². The van der Waals surface area contributed by atoms with Gasteiger partial charge in [-0.25, -0.2) is 8.42 Å². The number of sulfonamides is 1.